The molecular formula is C7H10F3N3O3. The largest absolute Gasteiger partial charge is 0.471 e. The zero-order valence-corrected chi connectivity index (χ0v) is 8.00. The number of primary amides is 2. The van der Waals surface area contributed by atoms with Crippen LogP contribution in [0.4, 0.5) is 13.2 Å². The lowest BCUT2D eigenvalue weighted by Gasteiger charge is -2.15. The number of hydrogen-bond donors (Lipinski definition) is 3. The lowest BCUT2D eigenvalue weighted by molar-refractivity contribution is -0.174. The monoisotopic (exact) mass is 241 g/mol. The van der Waals surface area contributed by atoms with E-state index >= 15 is 0 Å². The molecule has 0 bridgehead atoms. The molecule has 6 nitrogen and oxygen atoms in total. The second-order valence-corrected chi connectivity index (χ2v) is 2.93. The fourth-order valence-electron chi connectivity index (χ4n) is 0.812. The number of carbonyl (C=O) groups excluding carboxylic acids is 3. The van der Waals surface area contributed by atoms with Crippen LogP contribution < -0.4 is 16.8 Å². The first-order valence-corrected chi connectivity index (χ1v) is 4.10. The van der Waals surface area contributed by atoms with Crippen molar-refractivity contribution in [2.45, 2.75) is 25.1 Å². The molecule has 9 heteroatoms. The van der Waals surface area contributed by atoms with Crippen molar-refractivity contribution in [3.63, 3.8) is 0 Å². The van der Waals surface area contributed by atoms with E-state index in [1.165, 1.54) is 5.32 Å². The minimum atomic E-state index is -5.11. The zero-order valence-electron chi connectivity index (χ0n) is 8.00. The van der Waals surface area contributed by atoms with E-state index in [0.717, 1.165) is 0 Å². The van der Waals surface area contributed by atoms with Gasteiger partial charge in [0.05, 0.1) is 0 Å². The molecule has 5 N–H and O–H groups in total. The van der Waals surface area contributed by atoms with Crippen molar-refractivity contribution in [2.75, 3.05) is 0 Å². The maximum atomic E-state index is 11.8. The highest BCUT2D eigenvalue weighted by molar-refractivity contribution is 5.89. The number of carbonyl (C=O) groups is 3. The van der Waals surface area contributed by atoms with Crippen molar-refractivity contribution in [1.82, 2.24) is 5.32 Å². The quantitative estimate of drug-likeness (QED) is 0.560. The van der Waals surface area contributed by atoms with E-state index in [0.29, 0.717) is 0 Å². The molecule has 1 atom stereocenters. The first kappa shape index (κ1) is 14.2. The van der Waals surface area contributed by atoms with Gasteiger partial charge >= 0.3 is 12.1 Å². The SMILES string of the molecule is NC(=O)CC[C@H](NC(=O)C(F)(F)F)C(N)=O. The first-order chi connectivity index (χ1) is 7.14. The number of nitrogens with two attached hydrogens (primary N) is 2. The van der Waals surface area contributed by atoms with Gasteiger partial charge in [0.15, 0.2) is 0 Å². The summed E-state index contributed by atoms with van der Waals surface area (Å²) < 4.78 is 35.4. The molecule has 16 heavy (non-hydrogen) atoms. The van der Waals surface area contributed by atoms with Crippen molar-refractivity contribution in [3.8, 4) is 0 Å². The van der Waals surface area contributed by atoms with Gasteiger partial charge in [-0.25, -0.2) is 0 Å². The standard InChI is InChI=1S/C7H10F3N3O3/c8-7(9,10)6(16)13-3(5(12)15)1-2-4(11)14/h3H,1-2H2,(H2,11,14)(H2,12,15)(H,13,16)/t3-/m0/s1. The zero-order chi connectivity index (χ0) is 12.9. The first-order valence-electron chi connectivity index (χ1n) is 4.10. The molecule has 0 fully saturated rings. The molecule has 0 heterocycles. The number of hydrogen-bond acceptors (Lipinski definition) is 3. The second-order valence-electron chi connectivity index (χ2n) is 2.93. The Kier molecular flexibility index (Phi) is 4.73. The molecule has 0 aliphatic rings. The average molecular weight is 241 g/mol. The highest BCUT2D eigenvalue weighted by atomic mass is 19.4. The molecule has 0 aliphatic heterocycles. The normalized spacial score (nSPS) is 12.9. The summed E-state index contributed by atoms with van der Waals surface area (Å²) in [7, 11) is 0. The predicted molar refractivity (Wildman–Crippen MR) is 45.6 cm³/mol. The van der Waals surface area contributed by atoms with Crippen molar-refractivity contribution in [2.24, 2.45) is 11.5 Å². The highest BCUT2D eigenvalue weighted by Crippen LogP contribution is 2.14. The van der Waals surface area contributed by atoms with Gasteiger partial charge in [0.25, 0.3) is 0 Å². The Balaban J connectivity index is 4.41. The molecule has 3 amide bonds. The van der Waals surface area contributed by atoms with Crippen LogP contribution in [0.2, 0.25) is 0 Å². The highest BCUT2D eigenvalue weighted by Gasteiger charge is 2.40. The fourth-order valence-corrected chi connectivity index (χ4v) is 0.812. The van der Waals surface area contributed by atoms with Crippen LogP contribution in [-0.4, -0.2) is 29.9 Å². The smallest absolute Gasteiger partial charge is 0.370 e. The summed E-state index contributed by atoms with van der Waals surface area (Å²) in [6, 6.07) is -1.57. The number of nitrogens with one attached hydrogen (secondary N) is 1. The summed E-state index contributed by atoms with van der Waals surface area (Å²) in [4.78, 5) is 31.5. The maximum absolute atomic E-state index is 11.8. The van der Waals surface area contributed by atoms with Crippen LogP contribution in [0.1, 0.15) is 12.8 Å². The van der Waals surface area contributed by atoms with Gasteiger partial charge in [-0.2, -0.15) is 13.2 Å². The van der Waals surface area contributed by atoms with E-state index in [1.807, 2.05) is 0 Å². The number of rotatable bonds is 5. The van der Waals surface area contributed by atoms with E-state index in [4.69, 9.17) is 11.5 Å². The third kappa shape index (κ3) is 5.17. The third-order valence-electron chi connectivity index (χ3n) is 1.59. The van der Waals surface area contributed by atoms with Crippen LogP contribution in [0.5, 0.6) is 0 Å². The summed E-state index contributed by atoms with van der Waals surface area (Å²) in [5.41, 5.74) is 9.47. The molecule has 0 saturated heterocycles. The number of amides is 3. The summed E-state index contributed by atoms with van der Waals surface area (Å²) in [5, 5.41) is 1.37. The molecule has 0 saturated carbocycles. The molecular weight excluding hydrogens is 231 g/mol. The van der Waals surface area contributed by atoms with E-state index in [2.05, 4.69) is 0 Å². The van der Waals surface area contributed by atoms with Crippen molar-refractivity contribution in [1.29, 1.82) is 0 Å². The van der Waals surface area contributed by atoms with E-state index < -0.39 is 29.9 Å². The van der Waals surface area contributed by atoms with Crippen LogP contribution >= 0.6 is 0 Å². The van der Waals surface area contributed by atoms with Gasteiger partial charge in [-0.05, 0) is 6.42 Å². The average Bonchev–Trinajstić information content (AvgIpc) is 2.09. The molecule has 0 aliphatic carbocycles. The van der Waals surface area contributed by atoms with Gasteiger partial charge in [-0.15, -0.1) is 0 Å². The van der Waals surface area contributed by atoms with Crippen LogP contribution in [0.25, 0.3) is 0 Å². The Morgan fingerprint density at radius 1 is 1.19 bits per heavy atom. The van der Waals surface area contributed by atoms with Crippen LogP contribution in [0.3, 0.4) is 0 Å². The number of alkyl halides is 3. The Hall–Kier alpha value is -1.80. The van der Waals surface area contributed by atoms with E-state index in [-0.39, 0.29) is 12.8 Å². The van der Waals surface area contributed by atoms with Gasteiger partial charge in [0.1, 0.15) is 6.04 Å². The van der Waals surface area contributed by atoms with E-state index in [9.17, 15) is 27.6 Å². The lowest BCUT2D eigenvalue weighted by Crippen LogP contribution is -2.49. The summed E-state index contributed by atoms with van der Waals surface area (Å²) >= 11 is 0. The molecule has 0 aromatic heterocycles. The van der Waals surface area contributed by atoms with Crippen LogP contribution in [0.15, 0.2) is 0 Å². The predicted octanol–water partition coefficient (Wildman–Crippen LogP) is -1.22. The second kappa shape index (κ2) is 5.33. The molecule has 0 radical (unpaired) electrons. The van der Waals surface area contributed by atoms with Crippen molar-refractivity contribution in [3.05, 3.63) is 0 Å². The van der Waals surface area contributed by atoms with Gasteiger partial charge in [0, 0.05) is 6.42 Å². The summed E-state index contributed by atoms with van der Waals surface area (Å²) in [5.74, 6) is -4.27. The molecule has 92 valence electrons. The van der Waals surface area contributed by atoms with Gasteiger partial charge in [-0.1, -0.05) is 0 Å². The Bertz CT molecular complexity index is 303. The van der Waals surface area contributed by atoms with Crippen LogP contribution in [0, 0.1) is 0 Å². The number of halogens is 3. The molecule has 0 rings (SSSR count). The van der Waals surface area contributed by atoms with Crippen molar-refractivity contribution < 1.29 is 27.6 Å². The summed E-state index contributed by atoms with van der Waals surface area (Å²) in [6.07, 6.45) is -5.83. The Morgan fingerprint density at radius 3 is 2.00 bits per heavy atom. The van der Waals surface area contributed by atoms with Gasteiger partial charge < -0.3 is 16.8 Å². The van der Waals surface area contributed by atoms with Crippen molar-refractivity contribution >= 4 is 17.7 Å². The molecule has 0 unspecified atom stereocenters. The minimum absolute atomic E-state index is 0.355. The molecule has 0 aromatic carbocycles. The van der Waals surface area contributed by atoms with Gasteiger partial charge in [-0.3, -0.25) is 14.4 Å². The topological polar surface area (TPSA) is 115 Å². The molecule has 0 aromatic rings. The lowest BCUT2D eigenvalue weighted by atomic mass is 10.1. The fraction of sp³-hybridized carbons (Fsp3) is 0.571. The van der Waals surface area contributed by atoms with Gasteiger partial charge in [0.2, 0.25) is 11.8 Å². The maximum Gasteiger partial charge on any atom is 0.471 e. The summed E-state index contributed by atoms with van der Waals surface area (Å²) in [6.45, 7) is 0. The minimum Gasteiger partial charge on any atom is -0.370 e. The third-order valence-corrected chi connectivity index (χ3v) is 1.59. The Morgan fingerprint density at radius 2 is 1.69 bits per heavy atom. The van der Waals surface area contributed by atoms with Crippen LogP contribution in [-0.2, 0) is 14.4 Å². The molecule has 0 spiro atoms. The van der Waals surface area contributed by atoms with E-state index in [1.54, 1.807) is 0 Å². The Labute approximate surface area is 88.1 Å².